The minimum Gasteiger partial charge on any atom is -0.461 e. The second-order valence-electron chi connectivity index (χ2n) is 7.91. The van der Waals surface area contributed by atoms with E-state index in [1.54, 1.807) is 6.92 Å². The van der Waals surface area contributed by atoms with Gasteiger partial charge < -0.3 is 25.2 Å². The third-order valence-electron chi connectivity index (χ3n) is 5.15. The average Bonchev–Trinajstić information content (AvgIpc) is 2.78. The van der Waals surface area contributed by atoms with Gasteiger partial charge in [0.1, 0.15) is 6.10 Å². The van der Waals surface area contributed by atoms with Crippen molar-refractivity contribution in [2.75, 3.05) is 32.9 Å². The second kappa shape index (κ2) is 14.4. The molecule has 0 fully saturated rings. The minimum atomic E-state index is -0.514. The summed E-state index contributed by atoms with van der Waals surface area (Å²) in [5.74, 6) is -1.59. The Balaban J connectivity index is 1.97. The van der Waals surface area contributed by atoms with E-state index in [0.29, 0.717) is 32.4 Å². The molecule has 0 saturated heterocycles. The predicted octanol–water partition coefficient (Wildman–Crippen LogP) is 1.37. The van der Waals surface area contributed by atoms with Crippen LogP contribution < -0.4 is 10.6 Å². The Hall–Kier alpha value is -2.71. The fourth-order valence-corrected chi connectivity index (χ4v) is 3.42. The van der Waals surface area contributed by atoms with Crippen molar-refractivity contribution in [1.82, 2.24) is 10.6 Å². The number of aliphatic hydroxyl groups is 1. The number of allylic oxidation sites excluding steroid dienone is 2. The molecule has 0 aromatic heterocycles. The van der Waals surface area contributed by atoms with E-state index in [1.807, 2.05) is 42.5 Å². The van der Waals surface area contributed by atoms with Crippen LogP contribution in [0.5, 0.6) is 0 Å². The Kier molecular flexibility index (Phi) is 11.5. The van der Waals surface area contributed by atoms with Crippen molar-refractivity contribution in [3.05, 3.63) is 48.0 Å². The van der Waals surface area contributed by atoms with E-state index in [0.717, 1.165) is 5.56 Å². The van der Waals surface area contributed by atoms with Crippen molar-refractivity contribution in [1.29, 1.82) is 0 Å². The average molecular weight is 447 g/mol. The van der Waals surface area contributed by atoms with E-state index in [2.05, 4.69) is 10.6 Å². The summed E-state index contributed by atoms with van der Waals surface area (Å²) in [6.45, 7) is 2.71. The molecule has 2 amide bonds. The molecular formula is C24H34N2O6. The summed E-state index contributed by atoms with van der Waals surface area (Å²) in [6, 6.07) is 9.80. The topological polar surface area (TPSA) is 114 Å². The fourth-order valence-electron chi connectivity index (χ4n) is 3.42. The summed E-state index contributed by atoms with van der Waals surface area (Å²) in [4.78, 5) is 37.5. The molecule has 3 atom stereocenters. The number of hydrogen-bond donors (Lipinski definition) is 3. The van der Waals surface area contributed by atoms with Crippen LogP contribution in [0.15, 0.2) is 42.5 Å². The Morgan fingerprint density at radius 3 is 2.59 bits per heavy atom. The number of carbonyl (C=O) groups is 3. The highest BCUT2D eigenvalue weighted by molar-refractivity contribution is 5.86. The molecule has 0 unspecified atom stereocenters. The van der Waals surface area contributed by atoms with Crippen LogP contribution in [-0.4, -0.2) is 61.9 Å². The monoisotopic (exact) mass is 446 g/mol. The van der Waals surface area contributed by atoms with E-state index in [-0.39, 0.29) is 49.9 Å². The third kappa shape index (κ3) is 9.62. The summed E-state index contributed by atoms with van der Waals surface area (Å²) in [5.41, 5.74) is 1.06. The predicted molar refractivity (Wildman–Crippen MR) is 120 cm³/mol. The van der Waals surface area contributed by atoms with Crippen LogP contribution in [0.25, 0.3) is 0 Å². The first-order valence-corrected chi connectivity index (χ1v) is 11.1. The number of esters is 1. The normalized spacial score (nSPS) is 22.2. The maximum atomic E-state index is 12.7. The Morgan fingerprint density at radius 1 is 1.16 bits per heavy atom. The van der Waals surface area contributed by atoms with Crippen molar-refractivity contribution >= 4 is 17.8 Å². The molecule has 176 valence electrons. The van der Waals surface area contributed by atoms with E-state index in [9.17, 15) is 14.4 Å². The molecule has 0 bridgehead atoms. The Bertz CT molecular complexity index is 752. The molecular weight excluding hydrogens is 412 g/mol. The van der Waals surface area contributed by atoms with E-state index in [4.69, 9.17) is 14.6 Å². The lowest BCUT2D eigenvalue weighted by molar-refractivity contribution is -0.153. The van der Waals surface area contributed by atoms with Crippen LogP contribution in [0.1, 0.15) is 31.7 Å². The van der Waals surface area contributed by atoms with Gasteiger partial charge in [-0.1, -0.05) is 42.5 Å². The molecule has 2 rings (SSSR count). The standard InChI is InChI=1S/C24H34N2O6/c1-18-17-26-23(29)20(16-22(28)25-11-13-31-14-12-27)9-5-6-10-21(24(30)32-18)15-19-7-3-2-4-8-19/h2-8,18,20-21,27H,9-17H2,1H3,(H,25,28)(H,26,29)/t18-,20+,21-/m0/s1. The molecule has 8 heteroatoms. The van der Waals surface area contributed by atoms with E-state index >= 15 is 0 Å². The zero-order chi connectivity index (χ0) is 23.2. The van der Waals surface area contributed by atoms with Crippen LogP contribution in [0.4, 0.5) is 0 Å². The van der Waals surface area contributed by atoms with Gasteiger partial charge in [0.05, 0.1) is 38.2 Å². The van der Waals surface area contributed by atoms with Crippen LogP contribution in [-0.2, 0) is 30.3 Å². The first-order valence-electron chi connectivity index (χ1n) is 11.1. The molecule has 1 aromatic rings. The fraction of sp³-hybridized carbons (Fsp3) is 0.542. The molecule has 1 heterocycles. The number of carbonyl (C=O) groups excluding carboxylic acids is 3. The largest absolute Gasteiger partial charge is 0.461 e. The van der Waals surface area contributed by atoms with Crippen molar-refractivity contribution in [2.24, 2.45) is 11.8 Å². The number of ether oxygens (including phenoxy) is 2. The van der Waals surface area contributed by atoms with Gasteiger partial charge >= 0.3 is 5.97 Å². The van der Waals surface area contributed by atoms with Gasteiger partial charge in [0.25, 0.3) is 0 Å². The quantitative estimate of drug-likeness (QED) is 0.300. The van der Waals surface area contributed by atoms with Gasteiger partial charge in [0.2, 0.25) is 11.8 Å². The smallest absolute Gasteiger partial charge is 0.309 e. The molecule has 3 N–H and O–H groups in total. The molecule has 0 saturated carbocycles. The van der Waals surface area contributed by atoms with Gasteiger partial charge in [-0.3, -0.25) is 14.4 Å². The number of rotatable bonds is 9. The van der Waals surface area contributed by atoms with Gasteiger partial charge in [-0.05, 0) is 31.7 Å². The minimum absolute atomic E-state index is 0.0534. The number of amides is 2. The Labute approximate surface area is 189 Å². The molecule has 1 aliphatic rings. The SMILES string of the molecule is C[C@H]1CNC(=O)[C@@H](CC(=O)NCCOCCO)CC=CC[C@@H](Cc2ccccc2)C(=O)O1. The summed E-state index contributed by atoms with van der Waals surface area (Å²) in [7, 11) is 0. The molecule has 0 spiro atoms. The van der Waals surface area contributed by atoms with Crippen molar-refractivity contribution in [3.8, 4) is 0 Å². The first-order chi connectivity index (χ1) is 15.5. The van der Waals surface area contributed by atoms with Crippen LogP contribution >= 0.6 is 0 Å². The van der Waals surface area contributed by atoms with E-state index in [1.165, 1.54) is 0 Å². The van der Waals surface area contributed by atoms with Crippen molar-refractivity contribution in [2.45, 2.75) is 38.7 Å². The van der Waals surface area contributed by atoms with Crippen molar-refractivity contribution in [3.63, 3.8) is 0 Å². The summed E-state index contributed by atoms with van der Waals surface area (Å²) < 4.78 is 10.7. The van der Waals surface area contributed by atoms with Crippen molar-refractivity contribution < 1.29 is 29.0 Å². The first kappa shape index (κ1) is 25.5. The maximum absolute atomic E-state index is 12.7. The molecule has 1 aliphatic heterocycles. The summed E-state index contributed by atoms with van der Waals surface area (Å²) >= 11 is 0. The third-order valence-corrected chi connectivity index (χ3v) is 5.15. The number of aliphatic hydroxyl groups excluding tert-OH is 1. The lowest BCUT2D eigenvalue weighted by atomic mass is 9.94. The molecule has 8 nitrogen and oxygen atoms in total. The van der Waals surface area contributed by atoms with Gasteiger partial charge in [-0.25, -0.2) is 0 Å². The summed E-state index contributed by atoms with van der Waals surface area (Å²) in [6.07, 6.45) is 4.82. The lowest BCUT2D eigenvalue weighted by Crippen LogP contribution is -2.40. The maximum Gasteiger partial charge on any atom is 0.309 e. The molecule has 32 heavy (non-hydrogen) atoms. The van der Waals surface area contributed by atoms with Gasteiger partial charge in [-0.15, -0.1) is 0 Å². The van der Waals surface area contributed by atoms with Crippen LogP contribution in [0.3, 0.4) is 0 Å². The zero-order valence-corrected chi connectivity index (χ0v) is 18.6. The van der Waals surface area contributed by atoms with Gasteiger partial charge in [0, 0.05) is 13.0 Å². The molecule has 1 aromatic carbocycles. The number of benzene rings is 1. The highest BCUT2D eigenvalue weighted by Crippen LogP contribution is 2.18. The van der Waals surface area contributed by atoms with Crippen LogP contribution in [0, 0.1) is 11.8 Å². The lowest BCUT2D eigenvalue weighted by Gasteiger charge is -2.22. The number of hydrogen-bond acceptors (Lipinski definition) is 6. The molecule has 0 aliphatic carbocycles. The van der Waals surface area contributed by atoms with E-state index < -0.39 is 12.0 Å². The second-order valence-corrected chi connectivity index (χ2v) is 7.91. The van der Waals surface area contributed by atoms with Crippen LogP contribution in [0.2, 0.25) is 0 Å². The highest BCUT2D eigenvalue weighted by atomic mass is 16.5. The zero-order valence-electron chi connectivity index (χ0n) is 18.6. The Morgan fingerprint density at radius 2 is 1.88 bits per heavy atom. The number of cyclic esters (lactones) is 1. The van der Waals surface area contributed by atoms with Gasteiger partial charge in [-0.2, -0.15) is 0 Å². The highest BCUT2D eigenvalue weighted by Gasteiger charge is 2.25. The van der Waals surface area contributed by atoms with Gasteiger partial charge in [0.15, 0.2) is 0 Å². The molecule has 0 radical (unpaired) electrons. The number of nitrogens with one attached hydrogen (secondary N) is 2. The summed E-state index contributed by atoms with van der Waals surface area (Å²) in [5, 5.41) is 14.2.